The number of aromatic nitrogens is 4. The number of rotatable bonds is 0. The molecule has 5 nitrogen and oxygen atoms in total. The maximum absolute atomic E-state index is 12.4. The molecule has 0 fully saturated rings. The van der Waals surface area contributed by atoms with Gasteiger partial charge in [-0.2, -0.15) is 9.61 Å². The van der Waals surface area contributed by atoms with Crippen molar-refractivity contribution in [3.8, 4) is 0 Å². The Morgan fingerprint density at radius 2 is 2.05 bits per heavy atom. The number of hydrogen-bond donors (Lipinski definition) is 0. The Bertz CT molecular complexity index is 1000. The molecule has 0 aliphatic rings. The lowest BCUT2D eigenvalue weighted by molar-refractivity contribution is 0.895. The van der Waals surface area contributed by atoms with Crippen molar-refractivity contribution in [1.29, 1.82) is 0 Å². The van der Waals surface area contributed by atoms with Crippen molar-refractivity contribution < 1.29 is 0 Å². The fourth-order valence-corrected chi connectivity index (χ4v) is 2.93. The first-order valence-electron chi connectivity index (χ1n) is 5.78. The van der Waals surface area contributed by atoms with Crippen molar-refractivity contribution in [3.63, 3.8) is 0 Å². The minimum atomic E-state index is -0.164. The molecule has 0 aliphatic carbocycles. The van der Waals surface area contributed by atoms with E-state index in [1.54, 1.807) is 6.20 Å². The number of fused-ring (bicyclic) bond motifs is 4. The van der Waals surface area contributed by atoms with E-state index < -0.39 is 0 Å². The van der Waals surface area contributed by atoms with Crippen LogP contribution in [0.3, 0.4) is 0 Å². The molecule has 4 aromatic rings. The van der Waals surface area contributed by atoms with Gasteiger partial charge in [0.25, 0.3) is 5.56 Å². The van der Waals surface area contributed by atoms with Crippen molar-refractivity contribution in [2.24, 2.45) is 0 Å². The monoisotopic (exact) mass is 268 g/mol. The fourth-order valence-electron chi connectivity index (χ4n) is 2.20. The number of nitrogens with zero attached hydrogens (tertiary/aromatic N) is 4. The van der Waals surface area contributed by atoms with Gasteiger partial charge in [-0.25, -0.2) is 4.98 Å². The van der Waals surface area contributed by atoms with E-state index in [4.69, 9.17) is 0 Å². The third kappa shape index (κ3) is 1.40. The van der Waals surface area contributed by atoms with Crippen molar-refractivity contribution in [3.05, 3.63) is 45.8 Å². The lowest BCUT2D eigenvalue weighted by atomic mass is 10.1. The normalized spacial score (nSPS) is 11.6. The molecule has 0 unspecified atom stereocenters. The Balaban J connectivity index is 2.35. The van der Waals surface area contributed by atoms with Crippen LogP contribution < -0.4 is 5.56 Å². The summed E-state index contributed by atoms with van der Waals surface area (Å²) >= 11 is 1.41. The predicted molar refractivity (Wildman–Crippen MR) is 74.7 cm³/mol. The van der Waals surface area contributed by atoms with E-state index in [2.05, 4.69) is 15.1 Å². The largest absolute Gasteiger partial charge is 0.284 e. The standard InChI is InChI=1S/C13H8N4OS/c1-7-16-17-12(18)9-6-14-10-5-3-2-4-8(10)11(9)15-13(17)19-7/h2-6H,1H3. The molecular formula is C13H8N4OS. The number of aryl methyl sites for hydroxylation is 1. The molecule has 4 rings (SSSR count). The smallest absolute Gasteiger partial charge is 0.266 e. The van der Waals surface area contributed by atoms with E-state index in [0.717, 1.165) is 15.9 Å². The van der Waals surface area contributed by atoms with Gasteiger partial charge in [0.15, 0.2) is 0 Å². The highest BCUT2D eigenvalue weighted by molar-refractivity contribution is 7.16. The molecule has 0 amide bonds. The van der Waals surface area contributed by atoms with Crippen LogP contribution >= 0.6 is 11.3 Å². The second-order valence-electron chi connectivity index (χ2n) is 4.27. The number of hydrogen-bond acceptors (Lipinski definition) is 5. The summed E-state index contributed by atoms with van der Waals surface area (Å²) in [5, 5.41) is 6.39. The van der Waals surface area contributed by atoms with E-state index in [-0.39, 0.29) is 5.56 Å². The van der Waals surface area contributed by atoms with Gasteiger partial charge < -0.3 is 0 Å². The maximum Gasteiger partial charge on any atom is 0.284 e. The van der Waals surface area contributed by atoms with Gasteiger partial charge in [0, 0.05) is 11.6 Å². The molecule has 0 spiro atoms. The summed E-state index contributed by atoms with van der Waals surface area (Å²) in [6, 6.07) is 7.69. The first kappa shape index (κ1) is 10.6. The Morgan fingerprint density at radius 1 is 1.21 bits per heavy atom. The summed E-state index contributed by atoms with van der Waals surface area (Å²) in [7, 11) is 0. The van der Waals surface area contributed by atoms with Gasteiger partial charge >= 0.3 is 0 Å². The Morgan fingerprint density at radius 3 is 2.95 bits per heavy atom. The molecule has 0 N–H and O–H groups in total. The van der Waals surface area contributed by atoms with Crippen LogP contribution in [0.25, 0.3) is 26.8 Å². The Kier molecular flexibility index (Phi) is 1.99. The van der Waals surface area contributed by atoms with Crippen LogP contribution in [0.15, 0.2) is 35.3 Å². The van der Waals surface area contributed by atoms with Crippen LogP contribution in [0.2, 0.25) is 0 Å². The summed E-state index contributed by atoms with van der Waals surface area (Å²) in [5.41, 5.74) is 1.37. The lowest BCUT2D eigenvalue weighted by Crippen LogP contribution is -2.15. The zero-order valence-electron chi connectivity index (χ0n) is 9.99. The van der Waals surface area contributed by atoms with Gasteiger partial charge in [0.1, 0.15) is 5.01 Å². The van der Waals surface area contributed by atoms with Gasteiger partial charge in [0.2, 0.25) is 4.96 Å². The number of benzene rings is 1. The molecule has 0 saturated heterocycles. The first-order valence-corrected chi connectivity index (χ1v) is 6.59. The van der Waals surface area contributed by atoms with E-state index in [1.807, 2.05) is 31.2 Å². The molecule has 0 aliphatic heterocycles. The Labute approximate surface area is 111 Å². The average molecular weight is 268 g/mol. The first-order chi connectivity index (χ1) is 9.24. The molecule has 92 valence electrons. The summed E-state index contributed by atoms with van der Waals surface area (Å²) in [6.07, 6.45) is 1.58. The second-order valence-corrected chi connectivity index (χ2v) is 5.43. The maximum atomic E-state index is 12.4. The number of para-hydroxylation sites is 1. The third-order valence-corrected chi connectivity index (χ3v) is 3.86. The SMILES string of the molecule is Cc1nn2c(=O)c3cnc4ccccc4c3nc2s1. The van der Waals surface area contributed by atoms with Gasteiger partial charge in [-0.15, -0.1) is 0 Å². The zero-order chi connectivity index (χ0) is 13.0. The van der Waals surface area contributed by atoms with E-state index in [1.165, 1.54) is 15.9 Å². The molecule has 6 heteroatoms. The molecule has 3 heterocycles. The van der Waals surface area contributed by atoms with Gasteiger partial charge in [-0.3, -0.25) is 9.78 Å². The van der Waals surface area contributed by atoms with Crippen LogP contribution in [0, 0.1) is 6.92 Å². The van der Waals surface area contributed by atoms with Crippen LogP contribution in [-0.4, -0.2) is 19.6 Å². The Hall–Kier alpha value is -2.34. The third-order valence-electron chi connectivity index (χ3n) is 3.04. The summed E-state index contributed by atoms with van der Waals surface area (Å²) in [5.74, 6) is 0. The topological polar surface area (TPSA) is 60.2 Å². The van der Waals surface area contributed by atoms with Gasteiger partial charge in [-0.05, 0) is 13.0 Å². The predicted octanol–water partition coefficient (Wildman–Crippen LogP) is 2.16. The van der Waals surface area contributed by atoms with Crippen molar-refractivity contribution in [1.82, 2.24) is 19.6 Å². The summed E-state index contributed by atoms with van der Waals surface area (Å²) in [4.78, 5) is 21.9. The summed E-state index contributed by atoms with van der Waals surface area (Å²) in [6.45, 7) is 1.86. The molecular weight excluding hydrogens is 260 g/mol. The van der Waals surface area contributed by atoms with Crippen molar-refractivity contribution in [2.75, 3.05) is 0 Å². The molecule has 1 aromatic carbocycles. The number of pyridine rings is 1. The second kappa shape index (κ2) is 3.58. The van der Waals surface area contributed by atoms with Crippen LogP contribution in [0.4, 0.5) is 0 Å². The van der Waals surface area contributed by atoms with E-state index in [9.17, 15) is 4.79 Å². The molecule has 19 heavy (non-hydrogen) atoms. The van der Waals surface area contributed by atoms with Gasteiger partial charge in [-0.1, -0.05) is 29.5 Å². The zero-order valence-corrected chi connectivity index (χ0v) is 10.8. The molecule has 3 aromatic heterocycles. The fraction of sp³-hybridized carbons (Fsp3) is 0.0769. The van der Waals surface area contributed by atoms with Crippen LogP contribution in [0.1, 0.15) is 5.01 Å². The summed E-state index contributed by atoms with van der Waals surface area (Å²) < 4.78 is 1.35. The molecule has 0 saturated carbocycles. The van der Waals surface area contributed by atoms with Gasteiger partial charge in [0.05, 0.1) is 16.4 Å². The van der Waals surface area contributed by atoms with E-state index in [0.29, 0.717) is 15.9 Å². The minimum Gasteiger partial charge on any atom is -0.266 e. The molecule has 0 radical (unpaired) electrons. The van der Waals surface area contributed by atoms with Crippen LogP contribution in [-0.2, 0) is 0 Å². The lowest BCUT2D eigenvalue weighted by Gasteiger charge is -2.01. The molecule has 0 bridgehead atoms. The van der Waals surface area contributed by atoms with Crippen molar-refractivity contribution >= 4 is 38.1 Å². The van der Waals surface area contributed by atoms with E-state index >= 15 is 0 Å². The minimum absolute atomic E-state index is 0.164. The van der Waals surface area contributed by atoms with Crippen LogP contribution in [0.5, 0.6) is 0 Å². The molecule has 0 atom stereocenters. The highest BCUT2D eigenvalue weighted by Crippen LogP contribution is 2.21. The average Bonchev–Trinajstić information content (AvgIpc) is 2.80. The highest BCUT2D eigenvalue weighted by atomic mass is 32.1. The quantitative estimate of drug-likeness (QED) is 0.458. The highest BCUT2D eigenvalue weighted by Gasteiger charge is 2.11. The van der Waals surface area contributed by atoms with Crippen molar-refractivity contribution in [2.45, 2.75) is 6.92 Å².